The minimum absolute atomic E-state index is 0.129. The number of amides is 1. The summed E-state index contributed by atoms with van der Waals surface area (Å²) in [5.74, 6) is -1.18. The molecule has 11 heteroatoms. The van der Waals surface area contributed by atoms with Gasteiger partial charge in [0.1, 0.15) is 24.4 Å². The smallest absolute Gasteiger partial charge is 0.306 e. The van der Waals surface area contributed by atoms with Crippen LogP contribution in [0.2, 0.25) is 0 Å². The van der Waals surface area contributed by atoms with Gasteiger partial charge in [-0.1, -0.05) is 345 Å². The first-order chi connectivity index (χ1) is 43.2. The molecule has 0 aromatic heterocycles. The van der Waals surface area contributed by atoms with Crippen molar-refractivity contribution in [3.8, 4) is 0 Å². The van der Waals surface area contributed by atoms with Crippen molar-refractivity contribution in [2.45, 2.75) is 416 Å². The maximum atomic E-state index is 13.5. The number of hydrogen-bond acceptors (Lipinski definition) is 10. The number of carbonyl (C=O) groups excluding carboxylic acids is 2. The Hall–Kier alpha value is -2.38. The fourth-order valence-corrected chi connectivity index (χ4v) is 12.0. The summed E-state index contributed by atoms with van der Waals surface area (Å²) < 4.78 is 17.7. The summed E-state index contributed by atoms with van der Waals surface area (Å²) in [6, 6.07) is -1.02. The Morgan fingerprint density at radius 3 is 1.19 bits per heavy atom. The molecule has 1 aliphatic heterocycles. The molecule has 1 fully saturated rings. The van der Waals surface area contributed by atoms with Crippen LogP contribution in [0.25, 0.3) is 0 Å². The summed E-state index contributed by atoms with van der Waals surface area (Å²) in [6.45, 7) is 5.82. The predicted octanol–water partition coefficient (Wildman–Crippen LogP) is 19.9. The highest BCUT2D eigenvalue weighted by Crippen LogP contribution is 2.27. The van der Waals surface area contributed by atoms with E-state index in [-0.39, 0.29) is 13.0 Å². The molecule has 1 saturated heterocycles. The molecular weight excluding hydrogens is 1100 g/mol. The molecule has 0 spiro atoms. The van der Waals surface area contributed by atoms with E-state index in [2.05, 4.69) is 62.5 Å². The molecule has 6 N–H and O–H groups in total. The van der Waals surface area contributed by atoms with Crippen molar-refractivity contribution >= 4 is 11.9 Å². The van der Waals surface area contributed by atoms with E-state index in [0.717, 1.165) is 70.6 Å². The minimum Gasteiger partial charge on any atom is -0.454 e. The van der Waals surface area contributed by atoms with Crippen LogP contribution in [0.4, 0.5) is 0 Å². The van der Waals surface area contributed by atoms with Gasteiger partial charge in [-0.25, -0.2) is 0 Å². The number of allylic oxidation sites excluding steroid dienone is 7. The van der Waals surface area contributed by atoms with Crippen molar-refractivity contribution in [3.63, 3.8) is 0 Å². The van der Waals surface area contributed by atoms with Gasteiger partial charge < -0.3 is 45.1 Å². The zero-order valence-electron chi connectivity index (χ0n) is 57.6. The van der Waals surface area contributed by atoms with Gasteiger partial charge >= 0.3 is 5.97 Å². The molecule has 88 heavy (non-hydrogen) atoms. The van der Waals surface area contributed by atoms with Crippen LogP contribution in [-0.4, -0.2) is 99.6 Å². The number of esters is 1. The Bertz CT molecular complexity index is 1620. The topological polar surface area (TPSA) is 175 Å². The Morgan fingerprint density at radius 2 is 0.784 bits per heavy atom. The SMILES string of the molecule is CCCCC/C=C\C/C=C\C/C=C\CCCCCCCCCCCCCCCC(O)C(=O)NC(COC1OC(CO)C(O)C(O)C1OC(=O)CCCCCCCCCCCCCCCCCCCCCCC)C(O)/C=C/CCCCCCCCCCCC. The summed E-state index contributed by atoms with van der Waals surface area (Å²) in [6.07, 6.45) is 71.6. The molecule has 8 atom stereocenters. The molecule has 1 heterocycles. The van der Waals surface area contributed by atoms with Gasteiger partial charge in [0.25, 0.3) is 0 Å². The molecule has 11 nitrogen and oxygen atoms in total. The molecule has 0 aromatic carbocycles. The fraction of sp³-hybridized carbons (Fsp3) is 0.870. The number of aliphatic hydroxyl groups excluding tert-OH is 5. The molecule has 1 aliphatic rings. The van der Waals surface area contributed by atoms with Gasteiger partial charge in [0.05, 0.1) is 25.4 Å². The first-order valence-electron chi connectivity index (χ1n) is 37.9. The monoisotopic (exact) mass is 1240 g/mol. The summed E-state index contributed by atoms with van der Waals surface area (Å²) in [5, 5.41) is 57.3. The van der Waals surface area contributed by atoms with E-state index in [9.17, 15) is 35.1 Å². The summed E-state index contributed by atoms with van der Waals surface area (Å²) in [4.78, 5) is 26.7. The van der Waals surface area contributed by atoms with Gasteiger partial charge in [-0.15, -0.1) is 0 Å². The van der Waals surface area contributed by atoms with Crippen molar-refractivity contribution in [1.29, 1.82) is 0 Å². The van der Waals surface area contributed by atoms with Gasteiger partial charge in [-0.05, 0) is 64.2 Å². The standard InChI is InChI=1S/C77H143NO10/c1-4-7-10-13-16-19-22-25-27-29-31-33-34-35-36-37-39-40-42-44-46-49-52-55-58-61-64-70(81)76(85)78-68(69(80)63-60-57-54-51-48-24-21-18-15-12-9-6-3)67-86-77-75(74(84)73(83)71(66-79)87-77)88-72(82)65-62-59-56-53-50-47-45-43-41-38-32-30-28-26-23-20-17-14-11-8-5-2/h16,19,25,27,31,33,60,63,68-71,73-75,77,79-81,83-84H,4-15,17-18,20-24,26,28-30,32,34-59,61-62,64-67H2,1-3H3,(H,78,85)/b19-16-,27-25-,33-31-,63-60+. The van der Waals surface area contributed by atoms with Crippen LogP contribution in [0, 0.1) is 0 Å². The Labute approximate surface area is 542 Å². The molecule has 0 radical (unpaired) electrons. The van der Waals surface area contributed by atoms with Crippen LogP contribution in [-0.2, 0) is 23.8 Å². The van der Waals surface area contributed by atoms with Crippen LogP contribution >= 0.6 is 0 Å². The number of rotatable bonds is 66. The van der Waals surface area contributed by atoms with E-state index >= 15 is 0 Å². The summed E-state index contributed by atoms with van der Waals surface area (Å²) >= 11 is 0. The van der Waals surface area contributed by atoms with Crippen LogP contribution < -0.4 is 5.32 Å². The van der Waals surface area contributed by atoms with Crippen LogP contribution in [0.15, 0.2) is 48.6 Å². The molecule has 1 amide bonds. The van der Waals surface area contributed by atoms with Crippen LogP contribution in [0.3, 0.4) is 0 Å². The Morgan fingerprint density at radius 1 is 0.443 bits per heavy atom. The molecule has 8 unspecified atom stereocenters. The van der Waals surface area contributed by atoms with E-state index in [4.69, 9.17) is 14.2 Å². The van der Waals surface area contributed by atoms with Gasteiger partial charge in [-0.3, -0.25) is 9.59 Å². The van der Waals surface area contributed by atoms with Crippen molar-refractivity contribution in [2.24, 2.45) is 0 Å². The van der Waals surface area contributed by atoms with E-state index in [0.29, 0.717) is 19.3 Å². The molecule has 0 bridgehead atoms. The lowest BCUT2D eigenvalue weighted by Crippen LogP contribution is -2.61. The van der Waals surface area contributed by atoms with E-state index < -0.39 is 67.4 Å². The fourth-order valence-electron chi connectivity index (χ4n) is 12.0. The zero-order chi connectivity index (χ0) is 63.9. The second-order valence-electron chi connectivity index (χ2n) is 26.4. The summed E-state index contributed by atoms with van der Waals surface area (Å²) in [5.41, 5.74) is 0. The first-order valence-corrected chi connectivity index (χ1v) is 37.9. The number of ether oxygens (including phenoxy) is 3. The molecule has 1 rings (SSSR count). The van der Waals surface area contributed by atoms with Crippen LogP contribution in [0.1, 0.15) is 367 Å². The predicted molar refractivity (Wildman–Crippen MR) is 370 cm³/mol. The number of aliphatic hydroxyl groups is 5. The molecule has 0 saturated carbocycles. The van der Waals surface area contributed by atoms with E-state index in [1.165, 1.54) is 250 Å². The van der Waals surface area contributed by atoms with Crippen LogP contribution in [0.5, 0.6) is 0 Å². The minimum atomic E-state index is -1.61. The number of hydrogen-bond donors (Lipinski definition) is 6. The van der Waals surface area contributed by atoms with Crippen molar-refractivity contribution < 1.29 is 49.3 Å². The third kappa shape index (κ3) is 51.2. The first kappa shape index (κ1) is 83.6. The lowest BCUT2D eigenvalue weighted by Gasteiger charge is -2.41. The number of nitrogens with one attached hydrogen (secondary N) is 1. The second-order valence-corrected chi connectivity index (χ2v) is 26.4. The summed E-state index contributed by atoms with van der Waals surface area (Å²) in [7, 11) is 0. The maximum absolute atomic E-state index is 13.5. The quantitative estimate of drug-likeness (QED) is 0.0195. The average Bonchev–Trinajstić information content (AvgIpc) is 1.25. The number of unbranched alkanes of at least 4 members (excludes halogenated alkanes) is 46. The highest BCUT2D eigenvalue weighted by atomic mass is 16.7. The highest BCUT2D eigenvalue weighted by molar-refractivity contribution is 5.80. The lowest BCUT2D eigenvalue weighted by atomic mass is 9.99. The van der Waals surface area contributed by atoms with E-state index in [1.807, 2.05) is 6.08 Å². The third-order valence-corrected chi connectivity index (χ3v) is 18.0. The Kier molecular flexibility index (Phi) is 61.5. The maximum Gasteiger partial charge on any atom is 0.306 e. The van der Waals surface area contributed by atoms with Crippen molar-refractivity contribution in [3.05, 3.63) is 48.6 Å². The largest absolute Gasteiger partial charge is 0.454 e. The van der Waals surface area contributed by atoms with Crippen molar-refractivity contribution in [1.82, 2.24) is 5.32 Å². The lowest BCUT2D eigenvalue weighted by molar-refractivity contribution is -0.305. The van der Waals surface area contributed by atoms with Gasteiger partial charge in [0.2, 0.25) is 5.91 Å². The number of carbonyl (C=O) groups is 2. The molecule has 0 aliphatic carbocycles. The molecule has 0 aromatic rings. The highest BCUT2D eigenvalue weighted by Gasteiger charge is 2.47. The normalized spacial score (nSPS) is 18.4. The van der Waals surface area contributed by atoms with Gasteiger partial charge in [0, 0.05) is 6.42 Å². The van der Waals surface area contributed by atoms with Gasteiger partial charge in [-0.2, -0.15) is 0 Å². The molecule has 516 valence electrons. The second kappa shape index (κ2) is 64.7. The molecular formula is C77H143NO10. The average molecular weight is 1240 g/mol. The van der Waals surface area contributed by atoms with E-state index in [1.54, 1.807) is 6.08 Å². The zero-order valence-corrected chi connectivity index (χ0v) is 57.6. The Balaban J connectivity index is 2.52. The van der Waals surface area contributed by atoms with Crippen molar-refractivity contribution in [2.75, 3.05) is 13.2 Å². The van der Waals surface area contributed by atoms with Gasteiger partial charge in [0.15, 0.2) is 12.4 Å². The third-order valence-electron chi connectivity index (χ3n) is 18.0.